The van der Waals surface area contributed by atoms with Crippen LogP contribution in [0.2, 0.25) is 0 Å². The molecule has 0 spiro atoms. The molecular formula is C20H20N4O3. The third-order valence-corrected chi connectivity index (χ3v) is 4.77. The molecule has 0 N–H and O–H groups in total. The summed E-state index contributed by atoms with van der Waals surface area (Å²) in [6, 6.07) is 13.1. The second-order valence-electron chi connectivity index (χ2n) is 6.46. The number of aryl methyl sites for hydroxylation is 1. The summed E-state index contributed by atoms with van der Waals surface area (Å²) in [4.78, 5) is 28.8. The second kappa shape index (κ2) is 7.11. The second-order valence-corrected chi connectivity index (χ2v) is 6.46. The number of aromatic nitrogens is 2. The number of para-hydroxylation sites is 1. The summed E-state index contributed by atoms with van der Waals surface area (Å²) in [5.74, 6) is 0.447. The minimum absolute atomic E-state index is 0.0540. The molecule has 27 heavy (non-hydrogen) atoms. The average Bonchev–Trinajstić information content (AvgIpc) is 3.37. The predicted molar refractivity (Wildman–Crippen MR) is 98.8 cm³/mol. The number of piperazine rings is 1. The molecule has 0 bridgehead atoms. The molecule has 1 aliphatic heterocycles. The van der Waals surface area contributed by atoms with Gasteiger partial charge in [0, 0.05) is 32.4 Å². The van der Waals surface area contributed by atoms with Crippen LogP contribution in [-0.2, 0) is 0 Å². The van der Waals surface area contributed by atoms with E-state index in [9.17, 15) is 9.59 Å². The molecule has 2 amide bonds. The van der Waals surface area contributed by atoms with Crippen molar-refractivity contribution >= 4 is 11.8 Å². The SMILES string of the molecule is Cc1occc1C(=O)N1CCN(C(=O)c2ccn(-c3ccccc3)n2)CC1. The van der Waals surface area contributed by atoms with Gasteiger partial charge in [0.2, 0.25) is 0 Å². The van der Waals surface area contributed by atoms with Crippen molar-refractivity contribution in [3.8, 4) is 5.69 Å². The van der Waals surface area contributed by atoms with Gasteiger partial charge in [-0.15, -0.1) is 0 Å². The lowest BCUT2D eigenvalue weighted by molar-refractivity contribution is 0.0531. The van der Waals surface area contributed by atoms with Gasteiger partial charge in [0.25, 0.3) is 11.8 Å². The molecular weight excluding hydrogens is 344 g/mol. The van der Waals surface area contributed by atoms with Crippen LogP contribution in [0.15, 0.2) is 59.3 Å². The standard InChI is InChI=1S/C20H20N4O3/c1-15-17(8-14-27-15)19(25)22-10-12-23(13-11-22)20(26)18-7-9-24(21-18)16-5-3-2-4-6-16/h2-9,14H,10-13H2,1H3. The molecule has 3 heterocycles. The first-order valence-electron chi connectivity index (χ1n) is 8.87. The van der Waals surface area contributed by atoms with E-state index in [4.69, 9.17) is 4.42 Å². The Labute approximate surface area is 156 Å². The Bertz CT molecular complexity index is 953. The Morgan fingerprint density at radius 1 is 0.926 bits per heavy atom. The molecule has 7 heteroatoms. The average molecular weight is 364 g/mol. The van der Waals surface area contributed by atoms with Gasteiger partial charge in [0.05, 0.1) is 17.5 Å². The highest BCUT2D eigenvalue weighted by Crippen LogP contribution is 2.15. The summed E-state index contributed by atoms with van der Waals surface area (Å²) in [6.45, 7) is 3.73. The number of amides is 2. The van der Waals surface area contributed by atoms with Crippen LogP contribution in [0.25, 0.3) is 5.69 Å². The van der Waals surface area contributed by atoms with Crippen molar-refractivity contribution in [1.82, 2.24) is 19.6 Å². The van der Waals surface area contributed by atoms with Gasteiger partial charge in [-0.05, 0) is 31.2 Å². The van der Waals surface area contributed by atoms with Crippen LogP contribution in [0.3, 0.4) is 0 Å². The van der Waals surface area contributed by atoms with Crippen LogP contribution in [0.4, 0.5) is 0 Å². The van der Waals surface area contributed by atoms with Crippen molar-refractivity contribution in [2.75, 3.05) is 26.2 Å². The molecule has 138 valence electrons. The Kier molecular flexibility index (Phi) is 4.50. The van der Waals surface area contributed by atoms with E-state index in [1.54, 1.807) is 39.7 Å². The van der Waals surface area contributed by atoms with Gasteiger partial charge >= 0.3 is 0 Å². The van der Waals surface area contributed by atoms with Gasteiger partial charge in [-0.3, -0.25) is 9.59 Å². The van der Waals surface area contributed by atoms with Crippen molar-refractivity contribution in [2.24, 2.45) is 0 Å². The molecule has 1 aliphatic rings. The van der Waals surface area contributed by atoms with Crippen LogP contribution < -0.4 is 0 Å². The minimum Gasteiger partial charge on any atom is -0.469 e. The van der Waals surface area contributed by atoms with E-state index in [1.165, 1.54) is 6.26 Å². The van der Waals surface area contributed by atoms with Crippen molar-refractivity contribution in [2.45, 2.75) is 6.92 Å². The number of benzene rings is 1. The van der Waals surface area contributed by atoms with Gasteiger partial charge < -0.3 is 14.2 Å². The molecule has 3 aromatic rings. The molecule has 0 aliphatic carbocycles. The number of carbonyl (C=O) groups is 2. The Balaban J connectivity index is 1.40. The number of furan rings is 1. The van der Waals surface area contributed by atoms with Gasteiger partial charge in [-0.1, -0.05) is 18.2 Å². The first-order chi connectivity index (χ1) is 13.1. The quantitative estimate of drug-likeness (QED) is 0.715. The van der Waals surface area contributed by atoms with Gasteiger partial charge in [0.15, 0.2) is 5.69 Å². The smallest absolute Gasteiger partial charge is 0.274 e. The fraction of sp³-hybridized carbons (Fsp3) is 0.250. The summed E-state index contributed by atoms with van der Waals surface area (Å²) in [6.07, 6.45) is 3.30. The van der Waals surface area contributed by atoms with Crippen LogP contribution in [-0.4, -0.2) is 57.6 Å². The molecule has 0 unspecified atom stereocenters. The topological polar surface area (TPSA) is 71.6 Å². The van der Waals surface area contributed by atoms with Gasteiger partial charge in [-0.2, -0.15) is 5.10 Å². The molecule has 2 aromatic heterocycles. The van der Waals surface area contributed by atoms with Crippen molar-refractivity contribution in [3.63, 3.8) is 0 Å². The highest BCUT2D eigenvalue weighted by atomic mass is 16.3. The molecule has 0 atom stereocenters. The van der Waals surface area contributed by atoms with E-state index in [0.29, 0.717) is 43.2 Å². The molecule has 1 saturated heterocycles. The van der Waals surface area contributed by atoms with E-state index < -0.39 is 0 Å². The minimum atomic E-state index is -0.115. The summed E-state index contributed by atoms with van der Waals surface area (Å²) in [7, 11) is 0. The number of hydrogen-bond acceptors (Lipinski definition) is 4. The zero-order valence-corrected chi connectivity index (χ0v) is 15.0. The first-order valence-corrected chi connectivity index (χ1v) is 8.87. The normalized spacial score (nSPS) is 14.4. The number of nitrogens with zero attached hydrogens (tertiary/aromatic N) is 4. The van der Waals surface area contributed by atoms with Crippen LogP contribution in [0.5, 0.6) is 0 Å². The maximum Gasteiger partial charge on any atom is 0.274 e. The predicted octanol–water partition coefficient (Wildman–Crippen LogP) is 2.37. The van der Waals surface area contributed by atoms with E-state index in [0.717, 1.165) is 5.69 Å². The number of hydrogen-bond donors (Lipinski definition) is 0. The summed E-state index contributed by atoms with van der Waals surface area (Å²) >= 11 is 0. The number of carbonyl (C=O) groups excluding carboxylic acids is 2. The van der Waals surface area contributed by atoms with Crippen LogP contribution in [0.1, 0.15) is 26.6 Å². The summed E-state index contributed by atoms with van der Waals surface area (Å²) in [5, 5.41) is 4.39. The van der Waals surface area contributed by atoms with E-state index in [-0.39, 0.29) is 11.8 Å². The molecule has 4 rings (SSSR count). The first kappa shape index (κ1) is 17.1. The lowest BCUT2D eigenvalue weighted by Crippen LogP contribution is -2.50. The van der Waals surface area contributed by atoms with Crippen molar-refractivity contribution in [3.05, 3.63) is 71.9 Å². The van der Waals surface area contributed by atoms with Crippen LogP contribution in [0, 0.1) is 6.92 Å². The van der Waals surface area contributed by atoms with Crippen molar-refractivity contribution < 1.29 is 14.0 Å². The molecule has 1 aromatic carbocycles. The third kappa shape index (κ3) is 3.36. The largest absolute Gasteiger partial charge is 0.469 e. The molecule has 7 nitrogen and oxygen atoms in total. The van der Waals surface area contributed by atoms with Gasteiger partial charge in [0.1, 0.15) is 5.76 Å². The van der Waals surface area contributed by atoms with E-state index >= 15 is 0 Å². The Morgan fingerprint density at radius 2 is 1.59 bits per heavy atom. The summed E-state index contributed by atoms with van der Waals surface area (Å²) in [5.41, 5.74) is 1.89. The lowest BCUT2D eigenvalue weighted by Gasteiger charge is -2.34. The Hall–Kier alpha value is -3.35. The maximum atomic E-state index is 12.7. The maximum absolute atomic E-state index is 12.7. The fourth-order valence-corrected chi connectivity index (χ4v) is 3.21. The van der Waals surface area contributed by atoms with Crippen molar-refractivity contribution in [1.29, 1.82) is 0 Å². The highest BCUT2D eigenvalue weighted by Gasteiger charge is 2.27. The Morgan fingerprint density at radius 3 is 2.22 bits per heavy atom. The van der Waals surface area contributed by atoms with Crippen LogP contribution >= 0.6 is 0 Å². The monoisotopic (exact) mass is 364 g/mol. The fourth-order valence-electron chi connectivity index (χ4n) is 3.21. The molecule has 1 fully saturated rings. The zero-order valence-electron chi connectivity index (χ0n) is 15.0. The van der Waals surface area contributed by atoms with Gasteiger partial charge in [-0.25, -0.2) is 4.68 Å². The zero-order chi connectivity index (χ0) is 18.8. The highest BCUT2D eigenvalue weighted by molar-refractivity contribution is 5.96. The summed E-state index contributed by atoms with van der Waals surface area (Å²) < 4.78 is 6.90. The third-order valence-electron chi connectivity index (χ3n) is 4.77. The number of rotatable bonds is 3. The molecule has 0 radical (unpaired) electrons. The molecule has 0 saturated carbocycles. The van der Waals surface area contributed by atoms with E-state index in [2.05, 4.69) is 5.10 Å². The van der Waals surface area contributed by atoms with E-state index in [1.807, 2.05) is 30.3 Å². The lowest BCUT2D eigenvalue weighted by atomic mass is 10.2.